The fraction of sp³-hybridized carbons (Fsp3) is 0.435. The Morgan fingerprint density at radius 1 is 1.19 bits per heavy atom. The lowest BCUT2D eigenvalue weighted by atomic mass is 9.92. The van der Waals surface area contributed by atoms with E-state index in [1.165, 1.54) is 12.1 Å². The van der Waals surface area contributed by atoms with Crippen molar-refractivity contribution >= 4 is 6.03 Å². The summed E-state index contributed by atoms with van der Waals surface area (Å²) in [6.07, 6.45) is 0.648. The summed E-state index contributed by atoms with van der Waals surface area (Å²) in [4.78, 5) is 14.9. The number of ether oxygens (including phenoxy) is 2. The second-order valence-electron chi connectivity index (χ2n) is 7.57. The smallest absolute Gasteiger partial charge is 0.318 e. The average molecular weight is 433 g/mol. The number of methoxy groups -OCH3 is 2. The van der Waals surface area contributed by atoms with Crippen LogP contribution in [0.4, 0.5) is 13.6 Å². The summed E-state index contributed by atoms with van der Waals surface area (Å²) >= 11 is 0. The number of rotatable bonds is 8. The number of carbonyl (C=O) groups is 1. The Morgan fingerprint density at radius 3 is 2.65 bits per heavy atom. The van der Waals surface area contributed by atoms with Crippen molar-refractivity contribution in [1.82, 2.24) is 15.5 Å². The van der Waals surface area contributed by atoms with Gasteiger partial charge in [0, 0.05) is 43.2 Å². The molecule has 0 radical (unpaired) electrons. The highest BCUT2D eigenvalue weighted by Gasteiger charge is 2.33. The van der Waals surface area contributed by atoms with E-state index in [2.05, 4.69) is 10.6 Å². The largest absolute Gasteiger partial charge is 0.497 e. The molecule has 6 nitrogen and oxygen atoms in total. The van der Waals surface area contributed by atoms with Gasteiger partial charge >= 0.3 is 6.03 Å². The maximum absolute atomic E-state index is 13.7. The van der Waals surface area contributed by atoms with Crippen LogP contribution in [-0.4, -0.2) is 51.0 Å². The molecule has 0 aliphatic carbocycles. The van der Waals surface area contributed by atoms with Crippen LogP contribution < -0.4 is 20.1 Å². The van der Waals surface area contributed by atoms with E-state index in [9.17, 15) is 13.6 Å². The Labute approximate surface area is 181 Å². The van der Waals surface area contributed by atoms with Crippen LogP contribution in [0, 0.1) is 11.7 Å². The van der Waals surface area contributed by atoms with E-state index in [-0.39, 0.29) is 36.9 Å². The third-order valence-electron chi connectivity index (χ3n) is 5.62. The van der Waals surface area contributed by atoms with Gasteiger partial charge in [0.15, 0.2) is 0 Å². The highest BCUT2D eigenvalue weighted by atomic mass is 19.1. The van der Waals surface area contributed by atoms with Crippen LogP contribution in [0.2, 0.25) is 0 Å². The van der Waals surface area contributed by atoms with E-state index >= 15 is 0 Å². The van der Waals surface area contributed by atoms with Crippen molar-refractivity contribution in [2.45, 2.75) is 25.6 Å². The zero-order valence-corrected chi connectivity index (χ0v) is 17.9. The predicted octanol–water partition coefficient (Wildman–Crippen LogP) is 3.50. The lowest BCUT2D eigenvalue weighted by Gasteiger charge is -2.39. The zero-order chi connectivity index (χ0) is 22.2. The van der Waals surface area contributed by atoms with E-state index < -0.39 is 6.67 Å². The molecule has 3 rings (SSSR count). The van der Waals surface area contributed by atoms with Crippen molar-refractivity contribution in [3.63, 3.8) is 0 Å². The number of hydrogen-bond acceptors (Lipinski definition) is 4. The number of halogens is 2. The second-order valence-corrected chi connectivity index (χ2v) is 7.57. The van der Waals surface area contributed by atoms with E-state index in [1.807, 2.05) is 6.07 Å². The van der Waals surface area contributed by atoms with Gasteiger partial charge in [-0.25, -0.2) is 9.18 Å². The second kappa shape index (κ2) is 10.9. The average Bonchev–Trinajstić information content (AvgIpc) is 2.82. The molecular formula is C23H29F2N3O3. The normalized spacial score (nSPS) is 18.3. The van der Waals surface area contributed by atoms with Crippen molar-refractivity contribution in [2.75, 3.05) is 34.0 Å². The summed E-state index contributed by atoms with van der Waals surface area (Å²) < 4.78 is 37.6. The minimum atomic E-state index is -0.517. The number of piperidine rings is 1. The van der Waals surface area contributed by atoms with Crippen molar-refractivity contribution in [3.8, 4) is 11.5 Å². The SMILES string of the molecule is COc1ccc(CNC(=O)N(Cc2ccc(F)cc2)[C@@H]2CCNC[C@@H]2CF)c(OC)c1. The van der Waals surface area contributed by atoms with Gasteiger partial charge in [-0.1, -0.05) is 12.1 Å². The number of nitrogens with one attached hydrogen (secondary N) is 2. The molecule has 2 N–H and O–H groups in total. The Bertz CT molecular complexity index is 864. The molecule has 0 unspecified atom stereocenters. The summed E-state index contributed by atoms with van der Waals surface area (Å²) in [7, 11) is 3.13. The predicted molar refractivity (Wildman–Crippen MR) is 114 cm³/mol. The first-order chi connectivity index (χ1) is 15.0. The molecule has 2 amide bonds. The van der Waals surface area contributed by atoms with Gasteiger partial charge in [0.25, 0.3) is 0 Å². The summed E-state index contributed by atoms with van der Waals surface area (Å²) in [5, 5.41) is 6.12. The number of nitrogens with zero attached hydrogens (tertiary/aromatic N) is 1. The molecule has 0 bridgehead atoms. The topological polar surface area (TPSA) is 62.8 Å². The molecule has 1 heterocycles. The third-order valence-corrected chi connectivity index (χ3v) is 5.62. The van der Waals surface area contributed by atoms with Crippen LogP contribution >= 0.6 is 0 Å². The fourth-order valence-electron chi connectivity index (χ4n) is 3.87. The van der Waals surface area contributed by atoms with Gasteiger partial charge in [-0.05, 0) is 42.8 Å². The number of hydrogen-bond donors (Lipinski definition) is 2. The van der Waals surface area contributed by atoms with Gasteiger partial charge in [-0.2, -0.15) is 0 Å². The molecule has 1 saturated heterocycles. The summed E-state index contributed by atoms with van der Waals surface area (Å²) in [5.74, 6) is 0.629. The highest BCUT2D eigenvalue weighted by molar-refractivity contribution is 5.74. The monoisotopic (exact) mass is 433 g/mol. The number of urea groups is 1. The van der Waals surface area contributed by atoms with Crippen molar-refractivity contribution in [1.29, 1.82) is 0 Å². The van der Waals surface area contributed by atoms with Crippen LogP contribution in [-0.2, 0) is 13.1 Å². The van der Waals surface area contributed by atoms with Crippen LogP contribution in [0.15, 0.2) is 42.5 Å². The molecule has 1 aliphatic rings. The van der Waals surface area contributed by atoms with Crippen molar-refractivity contribution in [3.05, 3.63) is 59.4 Å². The highest BCUT2D eigenvalue weighted by Crippen LogP contribution is 2.25. The van der Waals surface area contributed by atoms with E-state index in [4.69, 9.17) is 9.47 Å². The maximum atomic E-state index is 13.7. The molecule has 0 saturated carbocycles. The van der Waals surface area contributed by atoms with Gasteiger partial charge in [0.2, 0.25) is 0 Å². The number of benzene rings is 2. The lowest BCUT2D eigenvalue weighted by Crippen LogP contribution is -2.54. The molecule has 2 aromatic carbocycles. The third kappa shape index (κ3) is 5.85. The molecule has 168 valence electrons. The molecule has 2 aromatic rings. The quantitative estimate of drug-likeness (QED) is 0.669. The minimum absolute atomic E-state index is 0.247. The summed E-state index contributed by atoms with van der Waals surface area (Å²) in [6, 6.07) is 10.8. The lowest BCUT2D eigenvalue weighted by molar-refractivity contribution is 0.108. The first-order valence-corrected chi connectivity index (χ1v) is 10.3. The molecule has 0 spiro atoms. The van der Waals surface area contributed by atoms with Gasteiger partial charge in [0.05, 0.1) is 20.9 Å². The zero-order valence-electron chi connectivity index (χ0n) is 17.9. The van der Waals surface area contributed by atoms with Gasteiger partial charge in [0.1, 0.15) is 17.3 Å². The Kier molecular flexibility index (Phi) is 8.06. The molecular weight excluding hydrogens is 404 g/mol. The number of carbonyl (C=O) groups excluding carboxylic acids is 1. The fourth-order valence-corrected chi connectivity index (χ4v) is 3.87. The summed E-state index contributed by atoms with van der Waals surface area (Å²) in [5.41, 5.74) is 1.58. The van der Waals surface area contributed by atoms with E-state index in [1.54, 1.807) is 43.4 Å². The first-order valence-electron chi connectivity index (χ1n) is 10.3. The van der Waals surface area contributed by atoms with Crippen LogP contribution in [0.25, 0.3) is 0 Å². The van der Waals surface area contributed by atoms with Crippen molar-refractivity contribution in [2.24, 2.45) is 5.92 Å². The van der Waals surface area contributed by atoms with Gasteiger partial charge < -0.3 is 25.0 Å². The Hall–Kier alpha value is -2.87. The molecule has 1 aliphatic heterocycles. The van der Waals surface area contributed by atoms with E-state index in [0.29, 0.717) is 31.0 Å². The molecule has 1 fully saturated rings. The van der Waals surface area contributed by atoms with Crippen LogP contribution in [0.5, 0.6) is 11.5 Å². The Morgan fingerprint density at radius 2 is 1.97 bits per heavy atom. The van der Waals surface area contributed by atoms with E-state index in [0.717, 1.165) is 11.1 Å². The maximum Gasteiger partial charge on any atom is 0.318 e. The van der Waals surface area contributed by atoms with Crippen LogP contribution in [0.1, 0.15) is 17.5 Å². The van der Waals surface area contributed by atoms with Crippen LogP contribution in [0.3, 0.4) is 0 Å². The molecule has 0 aromatic heterocycles. The molecule has 31 heavy (non-hydrogen) atoms. The summed E-state index contributed by atoms with van der Waals surface area (Å²) in [6.45, 7) is 1.22. The van der Waals surface area contributed by atoms with Gasteiger partial charge in [-0.3, -0.25) is 4.39 Å². The number of alkyl halides is 1. The number of amides is 2. The Balaban J connectivity index is 1.77. The van der Waals surface area contributed by atoms with Crippen molar-refractivity contribution < 1.29 is 23.0 Å². The molecule has 2 atom stereocenters. The molecule has 8 heteroatoms. The van der Waals surface area contributed by atoms with Gasteiger partial charge in [-0.15, -0.1) is 0 Å². The first kappa shape index (κ1) is 22.8. The minimum Gasteiger partial charge on any atom is -0.497 e. The standard InChI is InChI=1S/C23H29F2N3O3/c1-30-20-8-5-17(22(11-20)31-2)14-27-23(29)28(15-16-3-6-19(25)7-4-16)21-9-10-26-13-18(21)12-24/h3-8,11,18,21,26H,9-10,12-15H2,1-2H3,(H,27,29)/t18-,21+/m0/s1.